The number of H-pyrrole nitrogens is 1. The lowest BCUT2D eigenvalue weighted by atomic mass is 9.93. The number of ether oxygens (including phenoxy) is 1. The van der Waals surface area contributed by atoms with E-state index < -0.39 is 5.60 Å². The second kappa shape index (κ2) is 10.6. The maximum Gasteiger partial charge on any atom is 0.410 e. The van der Waals surface area contributed by atoms with Gasteiger partial charge in [-0.25, -0.2) is 19.2 Å². The minimum Gasteiger partial charge on any atom is -0.444 e. The largest absolute Gasteiger partial charge is 0.444 e. The summed E-state index contributed by atoms with van der Waals surface area (Å²) >= 11 is 6.59. The average Bonchev–Trinajstić information content (AvgIpc) is 3.32. The average molecular weight is 537 g/mol. The normalized spacial score (nSPS) is 14.6. The Kier molecular flexibility index (Phi) is 7.21. The van der Waals surface area contributed by atoms with Crippen LogP contribution in [0.1, 0.15) is 50.8 Å². The highest BCUT2D eigenvalue weighted by Crippen LogP contribution is 2.36. The molecule has 8 nitrogen and oxygen atoms in total. The molecule has 38 heavy (non-hydrogen) atoms. The van der Waals surface area contributed by atoms with Crippen molar-refractivity contribution in [2.45, 2.75) is 51.7 Å². The van der Waals surface area contributed by atoms with Crippen LogP contribution in [-0.4, -0.2) is 49.6 Å². The van der Waals surface area contributed by atoms with Gasteiger partial charge in [0, 0.05) is 54.6 Å². The van der Waals surface area contributed by atoms with Crippen molar-refractivity contribution in [3.05, 3.63) is 71.0 Å². The summed E-state index contributed by atoms with van der Waals surface area (Å²) in [4.78, 5) is 30.9. The van der Waals surface area contributed by atoms with Crippen LogP contribution in [0.25, 0.3) is 22.3 Å². The fourth-order valence-electron chi connectivity index (χ4n) is 4.65. The van der Waals surface area contributed by atoms with Gasteiger partial charge in [-0.05, 0) is 69.5 Å². The second-order valence-corrected chi connectivity index (χ2v) is 10.9. The van der Waals surface area contributed by atoms with Gasteiger partial charge >= 0.3 is 6.09 Å². The fourth-order valence-corrected chi connectivity index (χ4v) is 4.85. The first kappa shape index (κ1) is 25.9. The molecule has 1 aliphatic rings. The summed E-state index contributed by atoms with van der Waals surface area (Å²) in [5, 5.41) is 4.66. The molecule has 0 saturated carbocycles. The molecular formula is C28H30ClFN6O2. The molecule has 10 heteroatoms. The number of amides is 1. The van der Waals surface area contributed by atoms with E-state index in [9.17, 15) is 9.18 Å². The molecule has 0 unspecified atom stereocenters. The Morgan fingerprint density at radius 3 is 2.74 bits per heavy atom. The summed E-state index contributed by atoms with van der Waals surface area (Å²) in [6.45, 7) is 7.28. The summed E-state index contributed by atoms with van der Waals surface area (Å²) in [5.41, 5.74) is 3.53. The lowest BCUT2D eigenvalue weighted by molar-refractivity contribution is 0.0204. The van der Waals surface area contributed by atoms with Crippen LogP contribution in [0.4, 0.5) is 15.0 Å². The molecule has 1 aliphatic heterocycles. The molecule has 1 amide bonds. The Labute approximate surface area is 225 Å². The van der Waals surface area contributed by atoms with Crippen LogP contribution in [0.2, 0.25) is 5.02 Å². The zero-order chi connectivity index (χ0) is 26.9. The van der Waals surface area contributed by atoms with Gasteiger partial charge < -0.3 is 19.9 Å². The number of carbonyl (C=O) groups is 1. The Hall–Kier alpha value is -3.72. The number of fused-ring (bicyclic) bond motifs is 1. The first-order valence-electron chi connectivity index (χ1n) is 12.6. The van der Waals surface area contributed by atoms with Gasteiger partial charge in [0.15, 0.2) is 0 Å². The fraction of sp³-hybridized carbons (Fsp3) is 0.357. The minimum atomic E-state index is -0.508. The Morgan fingerprint density at radius 1 is 1.21 bits per heavy atom. The van der Waals surface area contributed by atoms with Gasteiger partial charge in [-0.15, -0.1) is 0 Å². The van der Waals surface area contributed by atoms with Crippen LogP contribution in [0.15, 0.2) is 48.9 Å². The molecule has 5 rings (SSSR count). The molecular weight excluding hydrogens is 507 g/mol. The van der Waals surface area contributed by atoms with Crippen LogP contribution in [-0.2, 0) is 11.3 Å². The number of likely N-dealkylation sites (tertiary alicyclic amines) is 1. The molecule has 1 fully saturated rings. The van der Waals surface area contributed by atoms with Crippen molar-refractivity contribution in [2.75, 3.05) is 18.4 Å². The summed E-state index contributed by atoms with van der Waals surface area (Å²) < 4.78 is 19.0. The van der Waals surface area contributed by atoms with Crippen LogP contribution >= 0.6 is 11.6 Å². The number of rotatable bonds is 5. The minimum absolute atomic E-state index is 0.264. The van der Waals surface area contributed by atoms with E-state index in [1.165, 1.54) is 12.3 Å². The number of nitrogens with zero attached hydrogens (tertiary/aromatic N) is 4. The number of carbonyl (C=O) groups excluding carboxylic acids is 1. The summed E-state index contributed by atoms with van der Waals surface area (Å²) in [6, 6.07) is 9.03. The summed E-state index contributed by atoms with van der Waals surface area (Å²) in [5.74, 6) is 0.503. The topological polar surface area (TPSA) is 96.0 Å². The first-order valence-corrected chi connectivity index (χ1v) is 13.0. The lowest BCUT2D eigenvalue weighted by Gasteiger charge is -2.33. The van der Waals surface area contributed by atoms with Gasteiger partial charge in [0.1, 0.15) is 22.9 Å². The van der Waals surface area contributed by atoms with Crippen LogP contribution in [0.5, 0.6) is 0 Å². The SMILES string of the molecule is CC(C)(C)OC(=O)N1CCC(c2cc3c(-c4nc(NCc5cncc(F)c5)ccc4Cl)ccnc3[nH]2)CC1. The molecule has 0 aliphatic carbocycles. The number of hydrogen-bond donors (Lipinski definition) is 2. The molecule has 4 aromatic rings. The number of piperidine rings is 1. The second-order valence-electron chi connectivity index (χ2n) is 10.5. The Morgan fingerprint density at radius 2 is 2.00 bits per heavy atom. The maximum atomic E-state index is 13.5. The number of hydrogen-bond acceptors (Lipinski definition) is 6. The molecule has 4 aromatic heterocycles. The molecule has 198 valence electrons. The number of anilines is 1. The highest BCUT2D eigenvalue weighted by atomic mass is 35.5. The van der Waals surface area contributed by atoms with Crippen LogP contribution in [0, 0.1) is 5.82 Å². The monoisotopic (exact) mass is 536 g/mol. The summed E-state index contributed by atoms with van der Waals surface area (Å²) in [7, 11) is 0. The Balaban J connectivity index is 1.34. The van der Waals surface area contributed by atoms with Gasteiger partial charge in [0.2, 0.25) is 0 Å². The number of aromatic amines is 1. The van der Waals surface area contributed by atoms with E-state index in [1.807, 2.05) is 26.8 Å². The molecule has 0 spiro atoms. The van der Waals surface area contributed by atoms with E-state index in [1.54, 1.807) is 29.4 Å². The van der Waals surface area contributed by atoms with E-state index in [2.05, 4.69) is 26.3 Å². The quantitative estimate of drug-likeness (QED) is 0.301. The van der Waals surface area contributed by atoms with E-state index >= 15 is 0 Å². The van der Waals surface area contributed by atoms with Crippen molar-refractivity contribution < 1.29 is 13.9 Å². The van der Waals surface area contributed by atoms with E-state index in [0.29, 0.717) is 41.7 Å². The van der Waals surface area contributed by atoms with Gasteiger partial charge in [-0.1, -0.05) is 11.6 Å². The predicted octanol–water partition coefficient (Wildman–Crippen LogP) is 6.54. The molecule has 0 radical (unpaired) electrons. The van der Waals surface area contributed by atoms with Crippen molar-refractivity contribution in [3.63, 3.8) is 0 Å². The third-order valence-corrected chi connectivity index (χ3v) is 6.78. The Bertz CT molecular complexity index is 1460. The zero-order valence-electron chi connectivity index (χ0n) is 21.6. The molecule has 5 heterocycles. The van der Waals surface area contributed by atoms with Crippen molar-refractivity contribution in [3.8, 4) is 11.3 Å². The van der Waals surface area contributed by atoms with E-state index in [-0.39, 0.29) is 17.8 Å². The lowest BCUT2D eigenvalue weighted by Crippen LogP contribution is -2.41. The highest BCUT2D eigenvalue weighted by molar-refractivity contribution is 6.33. The van der Waals surface area contributed by atoms with Crippen molar-refractivity contribution in [1.82, 2.24) is 24.8 Å². The number of aromatic nitrogens is 4. The van der Waals surface area contributed by atoms with Crippen LogP contribution in [0.3, 0.4) is 0 Å². The third-order valence-electron chi connectivity index (χ3n) is 6.48. The molecule has 0 atom stereocenters. The van der Waals surface area contributed by atoms with Crippen molar-refractivity contribution >= 4 is 34.5 Å². The molecule has 0 bridgehead atoms. The molecule has 0 aromatic carbocycles. The van der Waals surface area contributed by atoms with Crippen LogP contribution < -0.4 is 5.32 Å². The van der Waals surface area contributed by atoms with Gasteiger partial charge in [-0.3, -0.25) is 4.98 Å². The van der Waals surface area contributed by atoms with Gasteiger partial charge in [0.25, 0.3) is 0 Å². The van der Waals surface area contributed by atoms with Crippen molar-refractivity contribution in [2.24, 2.45) is 0 Å². The van der Waals surface area contributed by atoms with Gasteiger partial charge in [0.05, 0.1) is 16.9 Å². The molecule has 2 N–H and O–H groups in total. The van der Waals surface area contributed by atoms with E-state index in [4.69, 9.17) is 21.3 Å². The third kappa shape index (κ3) is 5.88. The number of halogens is 2. The highest BCUT2D eigenvalue weighted by Gasteiger charge is 2.28. The van der Waals surface area contributed by atoms with Gasteiger partial charge in [-0.2, -0.15) is 0 Å². The molecule has 1 saturated heterocycles. The smallest absolute Gasteiger partial charge is 0.410 e. The van der Waals surface area contributed by atoms with E-state index in [0.717, 1.165) is 35.1 Å². The van der Waals surface area contributed by atoms with Crippen molar-refractivity contribution in [1.29, 1.82) is 0 Å². The number of pyridine rings is 3. The predicted molar refractivity (Wildman–Crippen MR) is 146 cm³/mol. The first-order chi connectivity index (χ1) is 18.2. The zero-order valence-corrected chi connectivity index (χ0v) is 22.3. The number of nitrogens with one attached hydrogen (secondary N) is 2. The standard InChI is InChI=1S/C28H30ClFN6O2/c1-28(2,3)38-27(37)36-10-7-18(8-11-36)23-13-21-20(6-9-32-26(21)34-23)25-22(29)4-5-24(35-25)33-15-17-12-19(30)16-31-14-17/h4-6,9,12-14,16,18H,7-8,10-11,15H2,1-3H3,(H,32,34)(H,33,35). The maximum absolute atomic E-state index is 13.5. The summed E-state index contributed by atoms with van der Waals surface area (Å²) in [6.07, 6.45) is 5.91.